The Morgan fingerprint density at radius 3 is 1.21 bits per heavy atom. The molecule has 0 saturated heterocycles. The van der Waals surface area contributed by atoms with Gasteiger partial charge in [-0.2, -0.15) is 26.2 Å². The van der Waals surface area contributed by atoms with Crippen LogP contribution < -0.4 is 0 Å². The first-order valence-electron chi connectivity index (χ1n) is 10.1. The molecule has 0 atom stereocenters. The van der Waals surface area contributed by atoms with Crippen LogP contribution >= 0.6 is 127 Å². The summed E-state index contributed by atoms with van der Waals surface area (Å²) in [4.78, 5) is 28.4. The Bertz CT molecular complexity index is 1770. The fourth-order valence-electron chi connectivity index (χ4n) is 2.78. The van der Waals surface area contributed by atoms with Gasteiger partial charge in [-0.05, 0) is 88.0 Å². The number of hydrogen-bond acceptors (Lipinski definition) is 15. The lowest BCUT2D eigenvalue weighted by Gasteiger charge is -2.00. The van der Waals surface area contributed by atoms with Crippen LogP contribution in [0.1, 0.15) is 0 Å². The molecule has 0 fully saturated rings. The van der Waals surface area contributed by atoms with Crippen LogP contribution in [0.25, 0.3) is 33.1 Å². The highest BCUT2D eigenvalue weighted by molar-refractivity contribution is 9.93. The molecule has 43 heavy (non-hydrogen) atoms. The summed E-state index contributed by atoms with van der Waals surface area (Å²) < 4.78 is 26.0. The molecule has 0 bridgehead atoms. The van der Waals surface area contributed by atoms with Crippen LogP contribution in [-0.4, -0.2) is 46.4 Å². The normalized spacial score (nSPS) is 9.81. The van der Waals surface area contributed by atoms with E-state index in [1.165, 1.54) is 23.5 Å². The van der Waals surface area contributed by atoms with E-state index in [2.05, 4.69) is 118 Å². The van der Waals surface area contributed by atoms with E-state index >= 15 is 0 Å². The maximum Gasteiger partial charge on any atom is 0.363 e. The molecule has 3 aromatic heterocycles. The van der Waals surface area contributed by atoms with Gasteiger partial charge in [0.2, 0.25) is 0 Å². The summed E-state index contributed by atoms with van der Waals surface area (Å²) in [5, 5.41) is 35.4. The number of nitrogens with zero attached hydrogens (tertiary/aromatic N) is 9. The number of rotatable bonds is 2. The zero-order chi connectivity index (χ0) is 32.3. The first kappa shape index (κ1) is 37.2. The summed E-state index contributed by atoms with van der Waals surface area (Å²) >= 11 is 21.5. The van der Waals surface area contributed by atoms with Gasteiger partial charge in [0.1, 0.15) is 42.0 Å². The van der Waals surface area contributed by atoms with Gasteiger partial charge in [0.15, 0.2) is 0 Å². The highest BCUT2D eigenvalue weighted by Gasteiger charge is 2.35. The molecule has 0 unspecified atom stereocenters. The van der Waals surface area contributed by atoms with E-state index in [-0.39, 0.29) is 20.0 Å². The van der Waals surface area contributed by atoms with Crippen molar-refractivity contribution >= 4 is 172 Å². The van der Waals surface area contributed by atoms with Crippen molar-refractivity contribution in [3.8, 4) is 0 Å². The highest BCUT2D eigenvalue weighted by Crippen LogP contribution is 2.45. The second-order valence-electron chi connectivity index (χ2n) is 6.78. The summed E-state index contributed by atoms with van der Waals surface area (Å²) in [5.41, 5.74) is 2.99. The van der Waals surface area contributed by atoms with Gasteiger partial charge in [-0.25, -0.2) is 0 Å². The first-order valence-corrected chi connectivity index (χ1v) is 19.1. The first-order chi connectivity index (χ1) is 20.4. The second-order valence-corrected chi connectivity index (χ2v) is 11.7. The number of halogens is 6. The average molecular weight is 1040 g/mol. The maximum atomic E-state index is 10.9. The van der Waals surface area contributed by atoms with E-state index in [4.69, 9.17) is 15.3 Å². The number of nitro benzene ring substituents is 2. The Hall–Kier alpha value is -2.00. The molecule has 6 rings (SSSR count). The predicted octanol–water partition coefficient (Wildman–Crippen LogP) is 9.28. The van der Waals surface area contributed by atoms with Crippen molar-refractivity contribution in [2.45, 2.75) is 0 Å². The summed E-state index contributed by atoms with van der Waals surface area (Å²) in [5.74, 6) is 0. The van der Waals surface area contributed by atoms with Gasteiger partial charge in [-0.1, -0.05) is 12.1 Å². The standard InChI is InChI=1S/C6Br2N4O4S.C6H2Br2N2S.C6H4N2S.Br2.HNO3/c7-1-3-4(10-17-9-3)2(8)6(12(15)16)5(1)11(13)14;7-3-1-2-4(8)6-5(3)9-11-10-6;1-2-4-6-5(3-1)7-9-8-6;1-2;2-1(3)4/h;1-2H;1-4H;;(H,2,3,4). The van der Waals surface area contributed by atoms with Crippen LogP contribution in [0, 0.1) is 30.3 Å². The van der Waals surface area contributed by atoms with Crippen LogP contribution in [0.4, 0.5) is 11.4 Å². The number of aromatic nitrogens is 6. The van der Waals surface area contributed by atoms with Crippen LogP contribution in [0.5, 0.6) is 0 Å². The van der Waals surface area contributed by atoms with E-state index < -0.39 is 26.3 Å². The molecule has 0 amide bonds. The Morgan fingerprint density at radius 2 is 0.884 bits per heavy atom. The Kier molecular flexibility index (Phi) is 15.6. The largest absolute Gasteiger partial charge is 0.363 e. The molecule has 25 heteroatoms. The SMILES string of the molecule is BrBr.Brc1ccc(Br)c2nsnc12.O=[N+]([O-])O.O=[N+]([O-])c1c([N+](=O)[O-])c(Br)c2nsnc2c1Br.c1ccc2nsnc2c1. The van der Waals surface area contributed by atoms with E-state index in [0.717, 1.165) is 42.7 Å². The number of nitro groups is 2. The van der Waals surface area contributed by atoms with Crippen molar-refractivity contribution in [1.29, 1.82) is 0 Å². The summed E-state index contributed by atoms with van der Waals surface area (Å²) in [6.45, 7) is 0. The van der Waals surface area contributed by atoms with E-state index in [1.54, 1.807) is 0 Å². The Balaban J connectivity index is 0.000000215. The summed E-state index contributed by atoms with van der Waals surface area (Å²) in [6, 6.07) is 11.7. The van der Waals surface area contributed by atoms with Gasteiger partial charge in [-0.15, -0.1) is 10.1 Å². The number of fused-ring (bicyclic) bond motifs is 3. The predicted molar refractivity (Wildman–Crippen MR) is 183 cm³/mol. The van der Waals surface area contributed by atoms with Crippen molar-refractivity contribution < 1.29 is 20.1 Å². The second kappa shape index (κ2) is 18.1. The molecule has 1 N–H and O–H groups in total. The lowest BCUT2D eigenvalue weighted by Crippen LogP contribution is -1.99. The zero-order valence-corrected chi connectivity index (χ0v) is 31.8. The third-order valence-electron chi connectivity index (χ3n) is 4.39. The van der Waals surface area contributed by atoms with Crippen molar-refractivity contribution in [1.82, 2.24) is 26.2 Å². The molecular formula is C18H7Br6N9O7S3. The molecule has 0 saturated carbocycles. The fourth-order valence-corrected chi connectivity index (χ4v) is 6.94. The molecule has 16 nitrogen and oxygen atoms in total. The molecule has 0 aliphatic carbocycles. The smallest absolute Gasteiger partial charge is 0.328 e. The van der Waals surface area contributed by atoms with Crippen LogP contribution in [0.2, 0.25) is 0 Å². The maximum absolute atomic E-state index is 10.9. The molecule has 0 spiro atoms. The van der Waals surface area contributed by atoms with E-state index in [1.807, 2.05) is 36.4 Å². The van der Waals surface area contributed by atoms with Crippen molar-refractivity contribution in [2.75, 3.05) is 0 Å². The minimum Gasteiger partial charge on any atom is -0.328 e. The minimum atomic E-state index is -1.50. The molecule has 0 aliphatic rings. The van der Waals surface area contributed by atoms with Crippen LogP contribution in [0.15, 0.2) is 54.3 Å². The average Bonchev–Trinajstić information content (AvgIpc) is 3.75. The number of benzene rings is 3. The van der Waals surface area contributed by atoms with E-state index in [9.17, 15) is 20.2 Å². The molecule has 226 valence electrons. The van der Waals surface area contributed by atoms with Crippen LogP contribution in [-0.2, 0) is 0 Å². The monoisotopic (exact) mass is 1030 g/mol. The Labute approximate surface area is 299 Å². The summed E-state index contributed by atoms with van der Waals surface area (Å²) in [6.07, 6.45) is 0. The summed E-state index contributed by atoms with van der Waals surface area (Å²) in [7, 11) is 0. The zero-order valence-electron chi connectivity index (χ0n) is 19.9. The Morgan fingerprint density at radius 1 is 0.581 bits per heavy atom. The topological polar surface area (TPSA) is 227 Å². The molecule has 3 aromatic carbocycles. The van der Waals surface area contributed by atoms with Crippen molar-refractivity contribution in [3.05, 3.63) is 84.6 Å². The molecule has 0 aliphatic heterocycles. The van der Waals surface area contributed by atoms with Gasteiger partial charge in [0.05, 0.1) is 45.0 Å². The van der Waals surface area contributed by atoms with Gasteiger partial charge in [-0.3, -0.25) is 20.2 Å². The third-order valence-corrected chi connectivity index (χ3v) is 8.78. The third kappa shape index (κ3) is 10.0. The van der Waals surface area contributed by atoms with Crippen molar-refractivity contribution in [2.24, 2.45) is 0 Å². The molecular weight excluding hydrogens is 1030 g/mol. The lowest BCUT2D eigenvalue weighted by atomic mass is 10.2. The molecule has 6 aromatic rings. The van der Waals surface area contributed by atoms with Gasteiger partial charge in [0, 0.05) is 37.2 Å². The van der Waals surface area contributed by atoms with Crippen LogP contribution in [0.3, 0.4) is 0 Å². The quantitative estimate of drug-likeness (QED) is 0.126. The van der Waals surface area contributed by atoms with Gasteiger partial charge < -0.3 is 5.21 Å². The number of hydrogen-bond donors (Lipinski definition) is 1. The van der Waals surface area contributed by atoms with Gasteiger partial charge >= 0.3 is 11.4 Å². The van der Waals surface area contributed by atoms with Gasteiger partial charge in [0.25, 0.3) is 5.09 Å². The molecule has 3 heterocycles. The highest BCUT2D eigenvalue weighted by atomic mass is 80.9. The molecule has 0 radical (unpaired) electrons. The fraction of sp³-hybridized carbons (Fsp3) is 0. The van der Waals surface area contributed by atoms with E-state index in [0.29, 0.717) is 0 Å². The lowest BCUT2D eigenvalue weighted by molar-refractivity contribution is -0.742. The minimum absolute atomic E-state index is 0.0406. The van der Waals surface area contributed by atoms with Crippen molar-refractivity contribution in [3.63, 3.8) is 0 Å².